The molecule has 1 fully saturated rings. The van der Waals surface area contributed by atoms with Crippen LogP contribution in [-0.2, 0) is 16.9 Å². The van der Waals surface area contributed by atoms with E-state index in [2.05, 4.69) is 15.3 Å². The minimum Gasteiger partial charge on any atom is -0.438 e. The largest absolute Gasteiger partial charge is 0.438 e. The van der Waals surface area contributed by atoms with Gasteiger partial charge in [-0.25, -0.2) is 13.4 Å². The second-order valence-electron chi connectivity index (χ2n) is 7.45. The number of nitrogens with zero attached hydrogens (tertiary/aromatic N) is 3. The number of aromatic nitrogens is 3. The third-order valence-corrected chi connectivity index (χ3v) is 5.47. The Morgan fingerprint density at radius 3 is 2.70 bits per heavy atom. The number of carbonyl (C=O) groups is 1. The highest BCUT2D eigenvalue weighted by molar-refractivity contribution is 7.93. The van der Waals surface area contributed by atoms with Crippen LogP contribution in [0.2, 0.25) is 0 Å². The number of aryl methyl sites for hydroxylation is 1. The van der Waals surface area contributed by atoms with Crippen molar-refractivity contribution in [2.75, 3.05) is 6.26 Å². The summed E-state index contributed by atoms with van der Waals surface area (Å²) < 4.78 is 30.7. The number of pyridine rings is 1. The number of amides is 1. The smallest absolute Gasteiger partial charge is 0.257 e. The van der Waals surface area contributed by atoms with Gasteiger partial charge in [0.2, 0.25) is 5.88 Å². The van der Waals surface area contributed by atoms with Crippen molar-refractivity contribution in [2.24, 2.45) is 13.0 Å². The summed E-state index contributed by atoms with van der Waals surface area (Å²) >= 11 is 0. The predicted octanol–water partition coefficient (Wildman–Crippen LogP) is 2.83. The number of rotatable bonds is 7. The standard InChI is InChI=1S/C21H22N4O4S/c1-25-13-22-18-12-16(21(24-19(18)25)29-15-6-4-3-5-7-15)20(26)23-17(14-8-9-14)10-11-30(2,27)28/h3-7,10-14,17H,8-9H2,1-2H3,(H,23,26)/b11-10+. The Morgan fingerprint density at radius 2 is 2.03 bits per heavy atom. The summed E-state index contributed by atoms with van der Waals surface area (Å²) in [4.78, 5) is 21.9. The Hall–Kier alpha value is -3.20. The molecule has 0 radical (unpaired) electrons. The molecular formula is C21H22N4O4S. The van der Waals surface area contributed by atoms with Crippen LogP contribution in [0, 0.1) is 5.92 Å². The lowest BCUT2D eigenvalue weighted by atomic mass is 10.1. The molecule has 1 unspecified atom stereocenters. The van der Waals surface area contributed by atoms with E-state index in [0.717, 1.165) is 24.5 Å². The molecule has 9 heteroatoms. The van der Waals surface area contributed by atoms with Crippen LogP contribution in [0.3, 0.4) is 0 Å². The Kier molecular flexibility index (Phi) is 5.29. The molecule has 156 valence electrons. The Morgan fingerprint density at radius 1 is 1.30 bits per heavy atom. The quantitative estimate of drug-likeness (QED) is 0.623. The maximum absolute atomic E-state index is 13.1. The molecule has 0 saturated heterocycles. The summed E-state index contributed by atoms with van der Waals surface area (Å²) in [6, 6.07) is 10.3. The first-order valence-electron chi connectivity index (χ1n) is 9.54. The first-order chi connectivity index (χ1) is 14.3. The van der Waals surface area contributed by atoms with Gasteiger partial charge in [-0.2, -0.15) is 4.98 Å². The predicted molar refractivity (Wildman–Crippen MR) is 113 cm³/mol. The maximum atomic E-state index is 13.1. The zero-order chi connectivity index (χ0) is 21.3. The van der Waals surface area contributed by atoms with Gasteiger partial charge in [0.15, 0.2) is 15.5 Å². The average molecular weight is 426 g/mol. The molecule has 1 amide bonds. The number of para-hydroxylation sites is 1. The first-order valence-corrected chi connectivity index (χ1v) is 11.5. The molecule has 4 rings (SSSR count). The lowest BCUT2D eigenvalue weighted by Gasteiger charge is -2.16. The van der Waals surface area contributed by atoms with Crippen molar-refractivity contribution in [1.82, 2.24) is 19.9 Å². The molecule has 1 aliphatic rings. The van der Waals surface area contributed by atoms with Crippen LogP contribution >= 0.6 is 0 Å². The van der Waals surface area contributed by atoms with E-state index >= 15 is 0 Å². The molecule has 3 aromatic rings. The van der Waals surface area contributed by atoms with E-state index in [9.17, 15) is 13.2 Å². The van der Waals surface area contributed by atoms with Crippen LogP contribution in [0.5, 0.6) is 11.6 Å². The van der Waals surface area contributed by atoms with Crippen molar-refractivity contribution in [1.29, 1.82) is 0 Å². The van der Waals surface area contributed by atoms with E-state index in [1.807, 2.05) is 25.2 Å². The molecule has 0 spiro atoms. The SMILES string of the molecule is Cn1cnc2cc(C(=O)NC(/C=C/S(C)(=O)=O)C3CC3)c(Oc3ccccc3)nc21. The number of hydrogen-bond acceptors (Lipinski definition) is 6. The molecular weight excluding hydrogens is 404 g/mol. The van der Waals surface area contributed by atoms with Crippen LogP contribution in [0.4, 0.5) is 0 Å². The molecule has 1 N–H and O–H groups in total. The highest BCUT2D eigenvalue weighted by Gasteiger charge is 2.32. The van der Waals surface area contributed by atoms with Gasteiger partial charge in [-0.05, 0) is 37.0 Å². The minimum atomic E-state index is -3.28. The molecule has 2 aromatic heterocycles. The summed E-state index contributed by atoms with van der Waals surface area (Å²) in [6.45, 7) is 0. The van der Waals surface area contributed by atoms with E-state index < -0.39 is 15.7 Å². The highest BCUT2D eigenvalue weighted by atomic mass is 32.2. The molecule has 8 nitrogen and oxygen atoms in total. The van der Waals surface area contributed by atoms with E-state index in [4.69, 9.17) is 4.74 Å². The fraction of sp³-hybridized carbons (Fsp3) is 0.286. The minimum absolute atomic E-state index is 0.163. The lowest BCUT2D eigenvalue weighted by molar-refractivity contribution is 0.0938. The van der Waals surface area contributed by atoms with Crippen molar-refractivity contribution in [3.63, 3.8) is 0 Å². The topological polar surface area (TPSA) is 103 Å². The van der Waals surface area contributed by atoms with Gasteiger partial charge < -0.3 is 14.6 Å². The molecule has 0 aliphatic heterocycles. The zero-order valence-electron chi connectivity index (χ0n) is 16.6. The number of imidazole rings is 1. The number of sulfone groups is 1. The highest BCUT2D eigenvalue weighted by Crippen LogP contribution is 2.34. The Labute approximate surface area is 174 Å². The maximum Gasteiger partial charge on any atom is 0.257 e. The third kappa shape index (κ3) is 4.68. The zero-order valence-corrected chi connectivity index (χ0v) is 17.5. The van der Waals surface area contributed by atoms with Crippen LogP contribution in [-0.4, -0.2) is 41.2 Å². The first kappa shape index (κ1) is 20.1. The Bertz CT molecular complexity index is 1210. The van der Waals surface area contributed by atoms with E-state index in [1.54, 1.807) is 29.1 Å². The third-order valence-electron chi connectivity index (χ3n) is 4.82. The fourth-order valence-corrected chi connectivity index (χ4v) is 3.57. The van der Waals surface area contributed by atoms with Crippen LogP contribution in [0.25, 0.3) is 11.2 Å². The summed E-state index contributed by atoms with van der Waals surface area (Å²) in [5.74, 6) is 0.542. The van der Waals surface area contributed by atoms with Gasteiger partial charge in [0.1, 0.15) is 16.8 Å². The van der Waals surface area contributed by atoms with Gasteiger partial charge in [-0.3, -0.25) is 4.79 Å². The average Bonchev–Trinajstić information content (AvgIpc) is 3.49. The van der Waals surface area contributed by atoms with Crippen molar-refractivity contribution >= 4 is 26.9 Å². The monoisotopic (exact) mass is 426 g/mol. The molecule has 1 aliphatic carbocycles. The van der Waals surface area contributed by atoms with E-state index in [0.29, 0.717) is 16.9 Å². The van der Waals surface area contributed by atoms with E-state index in [1.165, 1.54) is 6.08 Å². The van der Waals surface area contributed by atoms with Gasteiger partial charge in [0.05, 0.1) is 12.4 Å². The number of ether oxygens (including phenoxy) is 1. The van der Waals surface area contributed by atoms with Gasteiger partial charge in [-0.1, -0.05) is 24.3 Å². The summed E-state index contributed by atoms with van der Waals surface area (Å²) in [7, 11) is -1.47. The van der Waals surface area contributed by atoms with Gasteiger partial charge in [-0.15, -0.1) is 0 Å². The van der Waals surface area contributed by atoms with Gasteiger partial charge in [0, 0.05) is 18.7 Å². The Balaban J connectivity index is 1.68. The van der Waals surface area contributed by atoms with E-state index in [-0.39, 0.29) is 23.4 Å². The molecule has 0 bridgehead atoms. The molecule has 1 atom stereocenters. The van der Waals surface area contributed by atoms with Crippen molar-refractivity contribution < 1.29 is 17.9 Å². The molecule has 1 aromatic carbocycles. The number of carbonyl (C=O) groups excluding carboxylic acids is 1. The number of benzene rings is 1. The summed E-state index contributed by atoms with van der Waals surface area (Å²) in [5.41, 5.74) is 1.40. The molecule has 1 saturated carbocycles. The summed E-state index contributed by atoms with van der Waals surface area (Å²) in [5, 5.41) is 4.06. The second kappa shape index (κ2) is 7.91. The molecule has 30 heavy (non-hydrogen) atoms. The van der Waals surface area contributed by atoms with Crippen molar-refractivity contribution in [3.8, 4) is 11.6 Å². The van der Waals surface area contributed by atoms with Crippen LogP contribution < -0.4 is 10.1 Å². The van der Waals surface area contributed by atoms with Crippen LogP contribution in [0.15, 0.2) is 54.2 Å². The number of hydrogen-bond donors (Lipinski definition) is 1. The fourth-order valence-electron chi connectivity index (χ4n) is 3.11. The van der Waals surface area contributed by atoms with Crippen molar-refractivity contribution in [3.05, 3.63) is 59.8 Å². The normalized spacial score (nSPS) is 15.4. The number of nitrogens with one attached hydrogen (secondary N) is 1. The van der Waals surface area contributed by atoms with Gasteiger partial charge >= 0.3 is 0 Å². The van der Waals surface area contributed by atoms with Gasteiger partial charge in [0.25, 0.3) is 5.91 Å². The second-order valence-corrected chi connectivity index (χ2v) is 9.38. The summed E-state index contributed by atoms with van der Waals surface area (Å²) in [6.07, 6.45) is 6.15. The van der Waals surface area contributed by atoms with Crippen molar-refractivity contribution in [2.45, 2.75) is 18.9 Å². The lowest BCUT2D eigenvalue weighted by Crippen LogP contribution is -2.35. The van der Waals surface area contributed by atoms with Crippen LogP contribution in [0.1, 0.15) is 23.2 Å². The number of fused-ring (bicyclic) bond motifs is 1. The molecule has 2 heterocycles.